The van der Waals surface area contributed by atoms with Crippen molar-refractivity contribution in [3.8, 4) is 0 Å². The zero-order valence-corrected chi connectivity index (χ0v) is 11.0. The quantitative estimate of drug-likeness (QED) is 0.783. The van der Waals surface area contributed by atoms with Crippen molar-refractivity contribution in [3.05, 3.63) is 30.1 Å². The van der Waals surface area contributed by atoms with Crippen LogP contribution < -0.4 is 0 Å². The lowest BCUT2D eigenvalue weighted by molar-refractivity contribution is 0.0185. The van der Waals surface area contributed by atoms with Gasteiger partial charge in [0.05, 0.1) is 13.2 Å². The summed E-state index contributed by atoms with van der Waals surface area (Å²) in [4.78, 5) is 20.8. The highest BCUT2D eigenvalue weighted by atomic mass is 16.5. The van der Waals surface area contributed by atoms with E-state index < -0.39 is 0 Å². The molecule has 0 saturated carbocycles. The standard InChI is InChI=1S/C14H19N3O2/c18-14(13-3-1-2-5-15-13)17-6-4-12(11-17)16-7-9-19-10-8-16/h1-3,5,12H,4,6-11H2. The number of aromatic nitrogens is 1. The third-order valence-corrected chi connectivity index (χ3v) is 3.90. The van der Waals surface area contributed by atoms with E-state index in [1.54, 1.807) is 12.3 Å². The monoisotopic (exact) mass is 261 g/mol. The van der Waals surface area contributed by atoms with Gasteiger partial charge in [-0.05, 0) is 18.6 Å². The van der Waals surface area contributed by atoms with Gasteiger partial charge in [-0.1, -0.05) is 6.07 Å². The van der Waals surface area contributed by atoms with Crippen molar-refractivity contribution in [2.45, 2.75) is 12.5 Å². The van der Waals surface area contributed by atoms with Gasteiger partial charge in [0.1, 0.15) is 5.69 Å². The van der Waals surface area contributed by atoms with Crippen LogP contribution in [0.2, 0.25) is 0 Å². The number of hydrogen-bond acceptors (Lipinski definition) is 4. The first-order valence-electron chi connectivity index (χ1n) is 6.87. The molecule has 19 heavy (non-hydrogen) atoms. The minimum atomic E-state index is 0.0522. The average Bonchev–Trinajstić information content (AvgIpc) is 2.98. The number of amides is 1. The van der Waals surface area contributed by atoms with Crippen molar-refractivity contribution in [2.24, 2.45) is 0 Å². The van der Waals surface area contributed by atoms with Gasteiger partial charge in [0.15, 0.2) is 0 Å². The molecule has 2 aliphatic rings. The summed E-state index contributed by atoms with van der Waals surface area (Å²) in [6.07, 6.45) is 2.72. The van der Waals surface area contributed by atoms with E-state index in [0.29, 0.717) is 11.7 Å². The number of hydrogen-bond donors (Lipinski definition) is 0. The van der Waals surface area contributed by atoms with Crippen molar-refractivity contribution in [2.75, 3.05) is 39.4 Å². The molecule has 1 unspecified atom stereocenters. The number of carbonyl (C=O) groups is 1. The maximum atomic E-state index is 12.3. The van der Waals surface area contributed by atoms with Gasteiger partial charge >= 0.3 is 0 Å². The Morgan fingerprint density at radius 1 is 1.26 bits per heavy atom. The molecular weight excluding hydrogens is 242 g/mol. The number of morpholine rings is 1. The second kappa shape index (κ2) is 5.67. The molecule has 0 N–H and O–H groups in total. The van der Waals surface area contributed by atoms with Gasteiger partial charge in [-0.25, -0.2) is 0 Å². The molecule has 1 aromatic rings. The van der Waals surface area contributed by atoms with Crippen LogP contribution in [0, 0.1) is 0 Å². The van der Waals surface area contributed by atoms with Gasteiger partial charge in [-0.2, -0.15) is 0 Å². The maximum Gasteiger partial charge on any atom is 0.272 e. The summed E-state index contributed by atoms with van der Waals surface area (Å²) in [5, 5.41) is 0. The molecule has 2 aliphatic heterocycles. The lowest BCUT2D eigenvalue weighted by atomic mass is 10.2. The molecule has 0 aromatic carbocycles. The second-order valence-corrected chi connectivity index (χ2v) is 5.06. The highest BCUT2D eigenvalue weighted by Crippen LogP contribution is 2.18. The van der Waals surface area contributed by atoms with Crippen molar-refractivity contribution < 1.29 is 9.53 Å². The third-order valence-electron chi connectivity index (χ3n) is 3.90. The van der Waals surface area contributed by atoms with E-state index in [0.717, 1.165) is 45.8 Å². The van der Waals surface area contributed by atoms with Crippen LogP contribution in [-0.2, 0) is 4.74 Å². The fourth-order valence-electron chi connectivity index (χ4n) is 2.82. The van der Waals surface area contributed by atoms with Crippen LogP contribution in [0.25, 0.3) is 0 Å². The molecule has 5 heteroatoms. The van der Waals surface area contributed by atoms with Crippen molar-refractivity contribution >= 4 is 5.91 Å². The highest BCUT2D eigenvalue weighted by Gasteiger charge is 2.31. The number of likely N-dealkylation sites (tertiary alicyclic amines) is 1. The predicted octanol–water partition coefficient (Wildman–Crippen LogP) is 0.628. The third kappa shape index (κ3) is 2.77. The van der Waals surface area contributed by atoms with E-state index in [-0.39, 0.29) is 5.91 Å². The summed E-state index contributed by atoms with van der Waals surface area (Å²) < 4.78 is 5.37. The Bertz CT molecular complexity index is 432. The van der Waals surface area contributed by atoms with Gasteiger partial charge in [0, 0.05) is 38.4 Å². The normalized spacial score (nSPS) is 24.6. The van der Waals surface area contributed by atoms with Gasteiger partial charge in [-0.15, -0.1) is 0 Å². The molecule has 5 nitrogen and oxygen atoms in total. The molecule has 2 fully saturated rings. The highest BCUT2D eigenvalue weighted by molar-refractivity contribution is 5.92. The Hall–Kier alpha value is -1.46. The Morgan fingerprint density at radius 2 is 2.11 bits per heavy atom. The van der Waals surface area contributed by atoms with Crippen LogP contribution in [0.15, 0.2) is 24.4 Å². The van der Waals surface area contributed by atoms with Gasteiger partial charge in [-0.3, -0.25) is 14.7 Å². The van der Waals surface area contributed by atoms with Crippen molar-refractivity contribution in [1.29, 1.82) is 0 Å². The minimum Gasteiger partial charge on any atom is -0.379 e. The van der Waals surface area contributed by atoms with E-state index in [9.17, 15) is 4.79 Å². The molecule has 0 radical (unpaired) electrons. The van der Waals surface area contributed by atoms with Crippen LogP contribution in [-0.4, -0.2) is 66.1 Å². The number of nitrogens with zero attached hydrogens (tertiary/aromatic N) is 3. The zero-order valence-electron chi connectivity index (χ0n) is 11.0. The fourth-order valence-corrected chi connectivity index (χ4v) is 2.82. The molecule has 2 saturated heterocycles. The molecule has 0 bridgehead atoms. The molecule has 102 valence electrons. The number of carbonyl (C=O) groups excluding carboxylic acids is 1. The van der Waals surface area contributed by atoms with Crippen LogP contribution in [0.4, 0.5) is 0 Å². The smallest absolute Gasteiger partial charge is 0.272 e. The molecule has 3 heterocycles. The summed E-state index contributed by atoms with van der Waals surface area (Å²) >= 11 is 0. The zero-order chi connectivity index (χ0) is 13.1. The summed E-state index contributed by atoms with van der Waals surface area (Å²) in [7, 11) is 0. The average molecular weight is 261 g/mol. The van der Waals surface area contributed by atoms with E-state index in [4.69, 9.17) is 4.74 Å². The van der Waals surface area contributed by atoms with E-state index in [1.807, 2.05) is 17.0 Å². The lowest BCUT2D eigenvalue weighted by Gasteiger charge is -2.32. The van der Waals surface area contributed by atoms with Crippen molar-refractivity contribution in [3.63, 3.8) is 0 Å². The first kappa shape index (κ1) is 12.6. The molecule has 0 aliphatic carbocycles. The Kier molecular flexibility index (Phi) is 3.75. The predicted molar refractivity (Wildman–Crippen MR) is 70.9 cm³/mol. The molecule has 0 spiro atoms. The lowest BCUT2D eigenvalue weighted by Crippen LogP contribution is -2.45. The largest absolute Gasteiger partial charge is 0.379 e. The summed E-state index contributed by atoms with van der Waals surface area (Å²) in [6.45, 7) is 5.23. The van der Waals surface area contributed by atoms with E-state index in [2.05, 4.69) is 9.88 Å². The Labute approximate surface area is 113 Å². The number of ether oxygens (including phenoxy) is 1. The summed E-state index contributed by atoms with van der Waals surface area (Å²) in [5.74, 6) is 0.0522. The maximum absolute atomic E-state index is 12.3. The topological polar surface area (TPSA) is 45.7 Å². The van der Waals surface area contributed by atoms with Crippen LogP contribution >= 0.6 is 0 Å². The molecule has 1 amide bonds. The fraction of sp³-hybridized carbons (Fsp3) is 0.571. The SMILES string of the molecule is O=C(c1ccccn1)N1CCC(N2CCOCC2)C1. The van der Waals surface area contributed by atoms with Gasteiger partial charge < -0.3 is 9.64 Å². The number of rotatable bonds is 2. The first-order valence-corrected chi connectivity index (χ1v) is 6.87. The molecular formula is C14H19N3O2. The first-order chi connectivity index (χ1) is 9.34. The van der Waals surface area contributed by atoms with E-state index in [1.165, 1.54) is 0 Å². The minimum absolute atomic E-state index is 0.0522. The summed E-state index contributed by atoms with van der Waals surface area (Å²) in [6, 6.07) is 5.95. The van der Waals surface area contributed by atoms with E-state index >= 15 is 0 Å². The Balaban J connectivity index is 1.61. The van der Waals surface area contributed by atoms with Crippen molar-refractivity contribution in [1.82, 2.24) is 14.8 Å². The molecule has 3 rings (SSSR count). The van der Waals surface area contributed by atoms with Crippen LogP contribution in [0.3, 0.4) is 0 Å². The van der Waals surface area contributed by atoms with Gasteiger partial charge in [0.25, 0.3) is 5.91 Å². The van der Waals surface area contributed by atoms with Gasteiger partial charge in [0.2, 0.25) is 0 Å². The Morgan fingerprint density at radius 3 is 2.84 bits per heavy atom. The molecule has 1 atom stereocenters. The van der Waals surface area contributed by atoms with Crippen LogP contribution in [0.5, 0.6) is 0 Å². The number of pyridine rings is 1. The summed E-state index contributed by atoms with van der Waals surface area (Å²) in [5.41, 5.74) is 0.546. The van der Waals surface area contributed by atoms with Crippen LogP contribution in [0.1, 0.15) is 16.9 Å². The molecule has 1 aromatic heterocycles. The second-order valence-electron chi connectivity index (χ2n) is 5.06.